The molecule has 0 bridgehead atoms. The summed E-state index contributed by atoms with van der Waals surface area (Å²) >= 11 is 3.36. The van der Waals surface area contributed by atoms with Crippen LogP contribution in [0.4, 0.5) is 5.82 Å². The molecule has 1 aliphatic rings. The van der Waals surface area contributed by atoms with Crippen molar-refractivity contribution in [1.82, 2.24) is 24.6 Å². The number of hydrogen-bond donors (Lipinski definition) is 1. The average molecular weight is 443 g/mol. The van der Waals surface area contributed by atoms with Crippen molar-refractivity contribution in [2.75, 3.05) is 18.4 Å². The molecule has 28 heavy (non-hydrogen) atoms. The Kier molecular flexibility index (Phi) is 5.41. The minimum atomic E-state index is -0.0315. The van der Waals surface area contributed by atoms with Gasteiger partial charge in [0.25, 0.3) is 0 Å². The van der Waals surface area contributed by atoms with Crippen LogP contribution in [0.3, 0.4) is 0 Å². The molecule has 8 heteroatoms. The number of aryl methyl sites for hydroxylation is 2. The van der Waals surface area contributed by atoms with E-state index in [2.05, 4.69) is 47.3 Å². The number of piperidine rings is 1. The summed E-state index contributed by atoms with van der Waals surface area (Å²) < 4.78 is 2.70. The zero-order valence-corrected chi connectivity index (χ0v) is 17.6. The molecule has 7 nitrogen and oxygen atoms in total. The first-order chi connectivity index (χ1) is 13.5. The van der Waals surface area contributed by atoms with Gasteiger partial charge in [0.05, 0.1) is 11.6 Å². The number of hydrogen-bond acceptors (Lipinski definition) is 5. The van der Waals surface area contributed by atoms with Crippen LogP contribution in [0.5, 0.6) is 0 Å². The van der Waals surface area contributed by atoms with Crippen LogP contribution >= 0.6 is 15.9 Å². The Bertz CT molecular complexity index is 1000. The molecule has 1 fully saturated rings. The molecule has 3 aromatic heterocycles. The predicted molar refractivity (Wildman–Crippen MR) is 112 cm³/mol. The first-order valence-corrected chi connectivity index (χ1v) is 10.2. The molecule has 4 rings (SSSR count). The number of aromatic nitrogens is 4. The molecule has 1 N–H and O–H groups in total. The van der Waals surface area contributed by atoms with Crippen LogP contribution in [-0.2, 0) is 18.4 Å². The number of halogens is 1. The molecule has 1 saturated heterocycles. The van der Waals surface area contributed by atoms with Crippen LogP contribution in [0.1, 0.15) is 24.1 Å². The Hall–Kier alpha value is -2.32. The van der Waals surface area contributed by atoms with Gasteiger partial charge in [-0.3, -0.25) is 14.4 Å². The maximum Gasteiger partial charge on any atom is 0.229 e. The second kappa shape index (κ2) is 7.97. The fraction of sp³-hybridized carbons (Fsp3) is 0.400. The minimum absolute atomic E-state index is 0.0315. The fourth-order valence-corrected chi connectivity index (χ4v) is 4.02. The number of anilines is 1. The van der Waals surface area contributed by atoms with E-state index in [1.54, 1.807) is 12.3 Å². The van der Waals surface area contributed by atoms with Gasteiger partial charge in [-0.2, -0.15) is 5.10 Å². The van der Waals surface area contributed by atoms with Crippen LogP contribution in [0.15, 0.2) is 35.1 Å². The topological polar surface area (TPSA) is 75.9 Å². The maximum atomic E-state index is 12.7. The fourth-order valence-electron chi connectivity index (χ4n) is 3.79. The summed E-state index contributed by atoms with van der Waals surface area (Å²) in [6, 6.07) is 5.85. The number of rotatable bonds is 4. The van der Waals surface area contributed by atoms with E-state index >= 15 is 0 Å². The van der Waals surface area contributed by atoms with Crippen molar-refractivity contribution < 1.29 is 4.79 Å². The monoisotopic (exact) mass is 442 g/mol. The normalized spacial score (nSPS) is 17.8. The molecule has 3 aromatic rings. The van der Waals surface area contributed by atoms with E-state index in [-0.39, 0.29) is 11.8 Å². The summed E-state index contributed by atoms with van der Waals surface area (Å²) in [5.41, 5.74) is 3.04. The van der Waals surface area contributed by atoms with Crippen LogP contribution in [0.2, 0.25) is 0 Å². The molecule has 1 atom stereocenters. The highest BCUT2D eigenvalue weighted by Gasteiger charge is 2.26. The van der Waals surface area contributed by atoms with Gasteiger partial charge in [0.1, 0.15) is 5.82 Å². The lowest BCUT2D eigenvalue weighted by Gasteiger charge is -2.31. The second-order valence-electron chi connectivity index (χ2n) is 7.35. The van der Waals surface area contributed by atoms with Gasteiger partial charge in [-0.25, -0.2) is 9.97 Å². The van der Waals surface area contributed by atoms with Gasteiger partial charge in [-0.15, -0.1) is 0 Å². The van der Waals surface area contributed by atoms with E-state index in [1.165, 1.54) is 0 Å². The van der Waals surface area contributed by atoms with Gasteiger partial charge < -0.3 is 5.32 Å². The van der Waals surface area contributed by atoms with Crippen LogP contribution in [0, 0.1) is 12.8 Å². The lowest BCUT2D eigenvalue weighted by Crippen LogP contribution is -2.40. The molecule has 1 aliphatic heterocycles. The van der Waals surface area contributed by atoms with E-state index < -0.39 is 0 Å². The van der Waals surface area contributed by atoms with Crippen molar-refractivity contribution in [3.8, 4) is 0 Å². The van der Waals surface area contributed by atoms with Gasteiger partial charge >= 0.3 is 0 Å². The zero-order chi connectivity index (χ0) is 19.7. The molecule has 1 amide bonds. The zero-order valence-electron chi connectivity index (χ0n) is 16.0. The van der Waals surface area contributed by atoms with Crippen molar-refractivity contribution in [2.45, 2.75) is 26.3 Å². The third-order valence-electron chi connectivity index (χ3n) is 5.18. The van der Waals surface area contributed by atoms with Gasteiger partial charge in [0.15, 0.2) is 5.65 Å². The lowest BCUT2D eigenvalue weighted by molar-refractivity contribution is -0.121. The number of likely N-dealkylation sites (tertiary alicyclic amines) is 1. The van der Waals surface area contributed by atoms with Crippen molar-refractivity contribution in [1.29, 1.82) is 0 Å². The highest BCUT2D eigenvalue weighted by Crippen LogP contribution is 2.22. The number of carbonyl (C=O) groups excluding carboxylic acids is 1. The summed E-state index contributed by atoms with van der Waals surface area (Å²) in [6.45, 7) is 4.53. The number of fused-ring (bicyclic) bond motifs is 1. The summed E-state index contributed by atoms with van der Waals surface area (Å²) in [5.74, 6) is 0.597. The van der Waals surface area contributed by atoms with E-state index in [0.29, 0.717) is 5.82 Å². The Balaban J connectivity index is 1.41. The molecule has 0 aliphatic carbocycles. The summed E-state index contributed by atoms with van der Waals surface area (Å²) in [5, 5.41) is 8.46. The third kappa shape index (κ3) is 4.07. The van der Waals surface area contributed by atoms with Gasteiger partial charge in [-0.1, -0.05) is 0 Å². The maximum absolute atomic E-state index is 12.7. The lowest BCUT2D eigenvalue weighted by atomic mass is 9.96. The Morgan fingerprint density at radius 2 is 2.18 bits per heavy atom. The Labute approximate surface area is 172 Å². The van der Waals surface area contributed by atoms with E-state index in [4.69, 9.17) is 0 Å². The quantitative estimate of drug-likeness (QED) is 0.670. The Morgan fingerprint density at radius 3 is 2.96 bits per heavy atom. The summed E-state index contributed by atoms with van der Waals surface area (Å²) in [4.78, 5) is 23.8. The molecule has 4 heterocycles. The predicted octanol–water partition coefficient (Wildman–Crippen LogP) is 3.28. The molecule has 0 spiro atoms. The van der Waals surface area contributed by atoms with Crippen molar-refractivity contribution in [2.24, 2.45) is 13.0 Å². The van der Waals surface area contributed by atoms with E-state index in [9.17, 15) is 4.79 Å². The van der Waals surface area contributed by atoms with Crippen molar-refractivity contribution in [3.05, 3.63) is 46.3 Å². The van der Waals surface area contributed by atoms with Gasteiger partial charge in [-0.05, 0) is 66.0 Å². The van der Waals surface area contributed by atoms with E-state index in [1.807, 2.05) is 30.9 Å². The number of amides is 1. The molecule has 1 unspecified atom stereocenters. The SMILES string of the molecule is Cc1nn(C)c2ncc(CN3CCCC(C(=O)Nc4ccc(Br)cn4)C3)cc12. The first-order valence-electron chi connectivity index (χ1n) is 9.42. The second-order valence-corrected chi connectivity index (χ2v) is 8.26. The number of pyridine rings is 2. The molecule has 0 saturated carbocycles. The molecule has 146 valence electrons. The minimum Gasteiger partial charge on any atom is -0.310 e. The van der Waals surface area contributed by atoms with Gasteiger partial charge in [0, 0.05) is 42.4 Å². The van der Waals surface area contributed by atoms with Crippen LogP contribution in [0.25, 0.3) is 11.0 Å². The highest BCUT2D eigenvalue weighted by atomic mass is 79.9. The van der Waals surface area contributed by atoms with Crippen molar-refractivity contribution >= 4 is 38.7 Å². The highest BCUT2D eigenvalue weighted by molar-refractivity contribution is 9.10. The molecule has 0 radical (unpaired) electrons. The number of nitrogens with one attached hydrogen (secondary N) is 1. The van der Waals surface area contributed by atoms with Crippen LogP contribution in [-0.4, -0.2) is 43.6 Å². The average Bonchev–Trinajstić information content (AvgIpc) is 2.97. The summed E-state index contributed by atoms with van der Waals surface area (Å²) in [6.07, 6.45) is 5.51. The third-order valence-corrected chi connectivity index (χ3v) is 5.65. The molecular formula is C20H23BrN6O. The first kappa shape index (κ1) is 19.0. The molecular weight excluding hydrogens is 420 g/mol. The largest absolute Gasteiger partial charge is 0.310 e. The number of nitrogens with zero attached hydrogens (tertiary/aromatic N) is 5. The van der Waals surface area contributed by atoms with Crippen molar-refractivity contribution in [3.63, 3.8) is 0 Å². The van der Waals surface area contributed by atoms with Gasteiger partial charge in [0.2, 0.25) is 5.91 Å². The van der Waals surface area contributed by atoms with E-state index in [0.717, 1.165) is 59.2 Å². The van der Waals surface area contributed by atoms with Crippen LogP contribution < -0.4 is 5.32 Å². The number of carbonyl (C=O) groups is 1. The standard InChI is InChI=1S/C20H23BrN6O/c1-13-17-8-14(9-23-19(17)26(2)25-13)11-27-7-3-4-15(12-27)20(28)24-18-6-5-16(21)10-22-18/h5-6,8-10,15H,3-4,7,11-12H2,1-2H3,(H,22,24,28). The smallest absolute Gasteiger partial charge is 0.229 e. The summed E-state index contributed by atoms with van der Waals surface area (Å²) in [7, 11) is 1.91. The Morgan fingerprint density at radius 1 is 1.32 bits per heavy atom. The molecule has 0 aromatic carbocycles.